The number of carbonyl (C=O) groups is 1. The molecule has 0 aliphatic heterocycles. The van der Waals surface area contributed by atoms with Crippen LogP contribution in [0.1, 0.15) is 34.6 Å². The number of ether oxygens (including phenoxy) is 1. The summed E-state index contributed by atoms with van der Waals surface area (Å²) in [5.74, 6) is -0.582. The lowest BCUT2D eigenvalue weighted by Gasteiger charge is -2.21. The molecule has 1 unspecified atom stereocenters. The van der Waals surface area contributed by atoms with E-state index < -0.39 is 5.97 Å². The van der Waals surface area contributed by atoms with Gasteiger partial charge in [0.05, 0.1) is 18.5 Å². The number of nitrogens with one attached hydrogen (secondary N) is 1. The fourth-order valence-corrected chi connectivity index (χ4v) is 4.19. The minimum atomic E-state index is -0.582. The lowest BCUT2D eigenvalue weighted by atomic mass is 9.96. The van der Waals surface area contributed by atoms with E-state index in [0.717, 1.165) is 27.8 Å². The lowest BCUT2D eigenvalue weighted by molar-refractivity contribution is 0.0595. The molecule has 0 fully saturated rings. The monoisotopic (exact) mass is 461 g/mol. The molecular formula is C26H24ClN3O3. The average molecular weight is 462 g/mol. The number of rotatable bonds is 5. The van der Waals surface area contributed by atoms with E-state index in [2.05, 4.69) is 16.4 Å². The van der Waals surface area contributed by atoms with Crippen molar-refractivity contribution in [3.05, 3.63) is 93.0 Å². The lowest BCUT2D eigenvalue weighted by Crippen LogP contribution is -2.20. The van der Waals surface area contributed by atoms with Crippen LogP contribution in [0.2, 0.25) is 5.15 Å². The van der Waals surface area contributed by atoms with Gasteiger partial charge in [-0.2, -0.15) is 0 Å². The zero-order valence-corrected chi connectivity index (χ0v) is 19.6. The second-order valence-corrected chi connectivity index (χ2v) is 8.35. The molecule has 33 heavy (non-hydrogen) atoms. The van der Waals surface area contributed by atoms with Gasteiger partial charge in [0.2, 0.25) is 0 Å². The van der Waals surface area contributed by atoms with Crippen molar-refractivity contribution in [1.29, 1.82) is 0 Å². The number of methoxy groups -OCH3 is 1. The van der Waals surface area contributed by atoms with Crippen molar-refractivity contribution in [1.82, 2.24) is 9.55 Å². The first kappa shape index (κ1) is 22.6. The Morgan fingerprint density at radius 1 is 1.09 bits per heavy atom. The van der Waals surface area contributed by atoms with E-state index in [1.54, 1.807) is 23.7 Å². The summed E-state index contributed by atoms with van der Waals surface area (Å²) in [6.07, 6.45) is 0. The fourth-order valence-electron chi connectivity index (χ4n) is 4.05. The first-order chi connectivity index (χ1) is 15.8. The first-order valence-corrected chi connectivity index (χ1v) is 10.9. The molecule has 1 N–H and O–H groups in total. The van der Waals surface area contributed by atoms with Gasteiger partial charge in [-0.05, 0) is 60.2 Å². The molecule has 0 bridgehead atoms. The zero-order chi connectivity index (χ0) is 23.7. The maximum absolute atomic E-state index is 13.3. The van der Waals surface area contributed by atoms with Gasteiger partial charge >= 0.3 is 5.97 Å². The number of hydrogen-bond donors (Lipinski definition) is 1. The van der Waals surface area contributed by atoms with Gasteiger partial charge in [-0.1, -0.05) is 48.0 Å². The Bertz CT molecular complexity index is 1410. The summed E-state index contributed by atoms with van der Waals surface area (Å²) in [6, 6.07) is 18.9. The van der Waals surface area contributed by atoms with Crippen LogP contribution in [0.3, 0.4) is 0 Å². The van der Waals surface area contributed by atoms with Crippen LogP contribution in [0, 0.1) is 6.92 Å². The number of aromatic nitrogens is 2. The van der Waals surface area contributed by atoms with Crippen LogP contribution in [-0.4, -0.2) is 22.6 Å². The van der Waals surface area contributed by atoms with E-state index in [1.807, 2.05) is 56.3 Å². The van der Waals surface area contributed by atoms with Crippen molar-refractivity contribution in [2.45, 2.75) is 19.9 Å². The quantitative estimate of drug-likeness (QED) is 0.313. The highest BCUT2D eigenvalue weighted by molar-refractivity contribution is 6.29. The molecule has 2 aromatic carbocycles. The standard InChI is InChI=1S/C26H24ClN3O3/c1-15-12-18(16(2)28-21-10-11-23(27)29-24(21)26(32)33-4)19-14-22(17-8-6-5-7-9-17)30(3)25(31)20(19)13-15/h5-14,16,28H,1-4H3. The number of aryl methyl sites for hydroxylation is 1. The van der Waals surface area contributed by atoms with Gasteiger partial charge in [0, 0.05) is 18.5 Å². The molecule has 0 saturated carbocycles. The Morgan fingerprint density at radius 3 is 2.52 bits per heavy atom. The number of carbonyl (C=O) groups excluding carboxylic acids is 1. The third-order valence-corrected chi connectivity index (χ3v) is 5.89. The predicted octanol–water partition coefficient (Wildman–Crippen LogP) is 5.52. The smallest absolute Gasteiger partial charge is 0.358 e. The molecule has 2 heterocycles. The van der Waals surface area contributed by atoms with E-state index in [4.69, 9.17) is 16.3 Å². The number of anilines is 1. The third-order valence-electron chi connectivity index (χ3n) is 5.68. The Hall–Kier alpha value is -3.64. The van der Waals surface area contributed by atoms with Crippen LogP contribution in [0.15, 0.2) is 65.5 Å². The van der Waals surface area contributed by atoms with Crippen LogP contribution in [-0.2, 0) is 11.8 Å². The summed E-state index contributed by atoms with van der Waals surface area (Å²) in [6.45, 7) is 3.94. The molecule has 1 atom stereocenters. The first-order valence-electron chi connectivity index (χ1n) is 10.5. The van der Waals surface area contributed by atoms with Crippen LogP contribution >= 0.6 is 11.6 Å². The van der Waals surface area contributed by atoms with Gasteiger partial charge in [-0.15, -0.1) is 0 Å². The highest BCUT2D eigenvalue weighted by Gasteiger charge is 2.19. The van der Waals surface area contributed by atoms with Crippen molar-refractivity contribution in [3.63, 3.8) is 0 Å². The molecule has 168 valence electrons. The summed E-state index contributed by atoms with van der Waals surface area (Å²) < 4.78 is 6.54. The van der Waals surface area contributed by atoms with Crippen molar-refractivity contribution >= 4 is 34.0 Å². The summed E-state index contributed by atoms with van der Waals surface area (Å²) >= 11 is 5.99. The van der Waals surface area contributed by atoms with E-state index in [-0.39, 0.29) is 22.4 Å². The molecule has 0 saturated heterocycles. The van der Waals surface area contributed by atoms with E-state index in [1.165, 1.54) is 7.11 Å². The van der Waals surface area contributed by atoms with Crippen molar-refractivity contribution in [2.24, 2.45) is 7.05 Å². The SMILES string of the molecule is COC(=O)c1nc(Cl)ccc1NC(C)c1cc(C)cc2c(=O)n(C)c(-c3ccccc3)cc12. The summed E-state index contributed by atoms with van der Waals surface area (Å²) in [5, 5.41) is 5.04. The second kappa shape index (κ2) is 9.08. The van der Waals surface area contributed by atoms with Crippen LogP contribution < -0.4 is 10.9 Å². The van der Waals surface area contributed by atoms with Crippen LogP contribution in [0.5, 0.6) is 0 Å². The molecule has 0 aliphatic rings. The highest BCUT2D eigenvalue weighted by atomic mass is 35.5. The largest absolute Gasteiger partial charge is 0.464 e. The Labute approximate surface area is 196 Å². The molecule has 0 radical (unpaired) electrons. The molecule has 4 rings (SSSR count). The van der Waals surface area contributed by atoms with E-state index >= 15 is 0 Å². The normalized spacial score (nSPS) is 11.9. The fraction of sp³-hybridized carbons (Fsp3) is 0.192. The Morgan fingerprint density at radius 2 is 1.82 bits per heavy atom. The number of nitrogens with zero attached hydrogens (tertiary/aromatic N) is 2. The number of benzene rings is 2. The summed E-state index contributed by atoms with van der Waals surface area (Å²) in [4.78, 5) is 29.6. The molecule has 0 amide bonds. The van der Waals surface area contributed by atoms with Gasteiger partial charge in [-0.25, -0.2) is 9.78 Å². The number of halogens is 1. The number of pyridine rings is 2. The third kappa shape index (κ3) is 4.34. The van der Waals surface area contributed by atoms with Crippen LogP contribution in [0.25, 0.3) is 22.0 Å². The van der Waals surface area contributed by atoms with Gasteiger partial charge in [0.1, 0.15) is 5.15 Å². The van der Waals surface area contributed by atoms with E-state index in [0.29, 0.717) is 11.1 Å². The number of fused-ring (bicyclic) bond motifs is 1. The molecule has 2 aromatic heterocycles. The minimum absolute atomic E-state index is 0.0630. The van der Waals surface area contributed by atoms with Crippen molar-refractivity contribution in [2.75, 3.05) is 12.4 Å². The predicted molar refractivity (Wildman–Crippen MR) is 132 cm³/mol. The average Bonchev–Trinajstić information content (AvgIpc) is 2.82. The van der Waals surface area contributed by atoms with Gasteiger partial charge in [0.25, 0.3) is 5.56 Å². The maximum Gasteiger partial charge on any atom is 0.358 e. The molecule has 0 aliphatic carbocycles. The topological polar surface area (TPSA) is 73.2 Å². The summed E-state index contributed by atoms with van der Waals surface area (Å²) in [5.41, 5.74) is 4.24. The summed E-state index contributed by atoms with van der Waals surface area (Å²) in [7, 11) is 3.09. The molecule has 6 nitrogen and oxygen atoms in total. The molecule has 4 aromatic rings. The van der Waals surface area contributed by atoms with Gasteiger partial charge in [-0.3, -0.25) is 4.79 Å². The molecular weight excluding hydrogens is 438 g/mol. The van der Waals surface area contributed by atoms with Gasteiger partial charge in [0.15, 0.2) is 5.69 Å². The van der Waals surface area contributed by atoms with Crippen LogP contribution in [0.4, 0.5) is 5.69 Å². The number of hydrogen-bond acceptors (Lipinski definition) is 5. The molecule has 0 spiro atoms. The Kier molecular flexibility index (Phi) is 6.20. The maximum atomic E-state index is 13.3. The minimum Gasteiger partial charge on any atom is -0.464 e. The van der Waals surface area contributed by atoms with Crippen molar-refractivity contribution < 1.29 is 9.53 Å². The number of esters is 1. The Balaban J connectivity index is 1.87. The van der Waals surface area contributed by atoms with Gasteiger partial charge < -0.3 is 14.6 Å². The van der Waals surface area contributed by atoms with Crippen molar-refractivity contribution in [3.8, 4) is 11.3 Å². The second-order valence-electron chi connectivity index (χ2n) is 7.96. The van der Waals surface area contributed by atoms with E-state index in [9.17, 15) is 9.59 Å². The zero-order valence-electron chi connectivity index (χ0n) is 18.8. The molecule has 7 heteroatoms. The highest BCUT2D eigenvalue weighted by Crippen LogP contribution is 2.31.